The van der Waals surface area contributed by atoms with E-state index in [9.17, 15) is 4.79 Å². The third kappa shape index (κ3) is 6.44. The van der Waals surface area contributed by atoms with Crippen molar-refractivity contribution in [3.8, 4) is 0 Å². The van der Waals surface area contributed by atoms with Gasteiger partial charge in [0.15, 0.2) is 0 Å². The first-order valence-corrected chi connectivity index (χ1v) is 10.3. The highest BCUT2D eigenvalue weighted by atomic mass is 16.6. The molecule has 3 aliphatic rings. The molecule has 6 heteroatoms. The van der Waals surface area contributed by atoms with Crippen LogP contribution in [0.15, 0.2) is 36.0 Å². The molecule has 4 rings (SSSR count). The van der Waals surface area contributed by atoms with Crippen LogP contribution >= 0.6 is 0 Å². The Kier molecular flexibility index (Phi) is 6.50. The number of fused-ring (bicyclic) bond motifs is 1. The Morgan fingerprint density at radius 1 is 1.11 bits per heavy atom. The fourth-order valence-electron chi connectivity index (χ4n) is 3.43. The van der Waals surface area contributed by atoms with Crippen LogP contribution < -0.4 is 5.73 Å². The lowest BCUT2D eigenvalue weighted by molar-refractivity contribution is 0.0219. The van der Waals surface area contributed by atoms with E-state index < -0.39 is 5.60 Å². The standard InChI is InChI=1S/C12H18N2.C10H16N2O2/c13-12-6-4-11(5-7-12)10-14-8-2-1-3-9-14;1-10(2,3)14-9(13)11-5-4-8-6-12(8)7-11/h4-7H,1-3,8-10,13H2;4H,5-7H2,1-3H3. The molecule has 1 amide bonds. The van der Waals surface area contributed by atoms with Crippen molar-refractivity contribution in [2.75, 3.05) is 38.6 Å². The van der Waals surface area contributed by atoms with Gasteiger partial charge >= 0.3 is 6.09 Å². The van der Waals surface area contributed by atoms with Gasteiger partial charge in [0.05, 0.1) is 13.2 Å². The van der Waals surface area contributed by atoms with Crippen molar-refractivity contribution in [1.82, 2.24) is 14.7 Å². The molecule has 1 aromatic rings. The molecule has 1 aromatic carbocycles. The molecule has 0 atom stereocenters. The van der Waals surface area contributed by atoms with E-state index in [0.29, 0.717) is 13.2 Å². The topological polar surface area (TPSA) is 61.8 Å². The molecule has 3 heterocycles. The van der Waals surface area contributed by atoms with Gasteiger partial charge in [-0.15, -0.1) is 0 Å². The number of carbonyl (C=O) groups excluding carboxylic acids is 1. The fraction of sp³-hybridized carbons (Fsp3) is 0.591. The molecular formula is C22H34N4O2. The Morgan fingerprint density at radius 2 is 1.79 bits per heavy atom. The van der Waals surface area contributed by atoms with Crippen molar-refractivity contribution in [1.29, 1.82) is 0 Å². The van der Waals surface area contributed by atoms with E-state index >= 15 is 0 Å². The second-order valence-corrected chi connectivity index (χ2v) is 8.82. The first-order chi connectivity index (χ1) is 13.3. The second kappa shape index (κ2) is 8.86. The maximum atomic E-state index is 11.6. The van der Waals surface area contributed by atoms with E-state index in [1.807, 2.05) is 32.9 Å². The van der Waals surface area contributed by atoms with Crippen LogP contribution in [0.25, 0.3) is 0 Å². The molecule has 0 unspecified atom stereocenters. The number of hydrogen-bond donors (Lipinski definition) is 1. The molecule has 3 aliphatic heterocycles. The summed E-state index contributed by atoms with van der Waals surface area (Å²) in [6, 6.07) is 8.23. The number of likely N-dealkylation sites (tertiary alicyclic amines) is 1. The van der Waals surface area contributed by atoms with Crippen LogP contribution in [-0.2, 0) is 11.3 Å². The average Bonchev–Trinajstić information content (AvgIpc) is 3.42. The Hall–Kier alpha value is -2.21. The van der Waals surface area contributed by atoms with Crippen LogP contribution in [0.1, 0.15) is 45.6 Å². The van der Waals surface area contributed by atoms with Crippen LogP contribution in [-0.4, -0.2) is 59.2 Å². The maximum Gasteiger partial charge on any atom is 0.412 e. The summed E-state index contributed by atoms with van der Waals surface area (Å²) >= 11 is 0. The summed E-state index contributed by atoms with van der Waals surface area (Å²) in [6.45, 7) is 11.6. The Bertz CT molecular complexity index is 687. The van der Waals surface area contributed by atoms with E-state index in [4.69, 9.17) is 10.5 Å². The summed E-state index contributed by atoms with van der Waals surface area (Å²) in [6.07, 6.45) is 5.97. The smallest absolute Gasteiger partial charge is 0.412 e. The molecule has 0 spiro atoms. The SMILES string of the molecule is CC(C)(C)OC(=O)N1CC=C2CN2C1.Nc1ccc(CN2CCCCC2)cc1. The first kappa shape index (κ1) is 20.5. The highest BCUT2D eigenvalue weighted by Crippen LogP contribution is 2.26. The zero-order chi connectivity index (χ0) is 20.1. The summed E-state index contributed by atoms with van der Waals surface area (Å²) in [5.41, 5.74) is 8.83. The number of rotatable bonds is 2. The molecule has 2 fully saturated rings. The van der Waals surface area contributed by atoms with Gasteiger partial charge in [-0.1, -0.05) is 18.6 Å². The molecule has 0 radical (unpaired) electrons. The van der Waals surface area contributed by atoms with Gasteiger partial charge in [-0.3, -0.25) is 9.80 Å². The second-order valence-electron chi connectivity index (χ2n) is 8.82. The predicted molar refractivity (Wildman–Crippen MR) is 113 cm³/mol. The average molecular weight is 387 g/mol. The van der Waals surface area contributed by atoms with Crippen molar-refractivity contribution in [2.24, 2.45) is 0 Å². The summed E-state index contributed by atoms with van der Waals surface area (Å²) in [5.74, 6) is 0. The minimum atomic E-state index is -0.403. The van der Waals surface area contributed by atoms with Crippen molar-refractivity contribution >= 4 is 11.8 Å². The van der Waals surface area contributed by atoms with Crippen LogP contribution in [0.4, 0.5) is 10.5 Å². The largest absolute Gasteiger partial charge is 0.444 e. The molecule has 154 valence electrons. The van der Waals surface area contributed by atoms with Crippen LogP contribution in [0.5, 0.6) is 0 Å². The molecule has 0 saturated carbocycles. The lowest BCUT2D eigenvalue weighted by Gasteiger charge is -2.28. The number of benzene rings is 1. The van der Waals surface area contributed by atoms with Gasteiger partial charge in [0.25, 0.3) is 0 Å². The molecule has 6 nitrogen and oxygen atoms in total. The number of carbonyl (C=O) groups is 1. The van der Waals surface area contributed by atoms with E-state index in [-0.39, 0.29) is 6.09 Å². The number of nitrogens with zero attached hydrogens (tertiary/aromatic N) is 3. The van der Waals surface area contributed by atoms with Gasteiger partial charge in [0.2, 0.25) is 0 Å². The van der Waals surface area contributed by atoms with E-state index in [0.717, 1.165) is 18.8 Å². The van der Waals surface area contributed by atoms with Gasteiger partial charge in [0, 0.05) is 24.5 Å². The Morgan fingerprint density at radius 3 is 2.39 bits per heavy atom. The van der Waals surface area contributed by atoms with Crippen molar-refractivity contribution in [3.63, 3.8) is 0 Å². The summed E-state index contributed by atoms with van der Waals surface area (Å²) < 4.78 is 5.28. The molecule has 0 bridgehead atoms. The number of amides is 1. The Balaban J connectivity index is 0.000000161. The van der Waals surface area contributed by atoms with E-state index in [1.165, 1.54) is 43.6 Å². The molecule has 2 saturated heterocycles. The van der Waals surface area contributed by atoms with Crippen LogP contribution in [0, 0.1) is 0 Å². The highest BCUT2D eigenvalue weighted by Gasteiger charge is 2.33. The van der Waals surface area contributed by atoms with Gasteiger partial charge in [-0.25, -0.2) is 4.79 Å². The van der Waals surface area contributed by atoms with Crippen molar-refractivity contribution < 1.29 is 9.53 Å². The van der Waals surface area contributed by atoms with Crippen molar-refractivity contribution in [3.05, 3.63) is 41.6 Å². The highest BCUT2D eigenvalue weighted by molar-refractivity contribution is 5.68. The first-order valence-electron chi connectivity index (χ1n) is 10.3. The third-order valence-corrected chi connectivity index (χ3v) is 5.03. The summed E-state index contributed by atoms with van der Waals surface area (Å²) in [4.78, 5) is 18.0. The molecule has 28 heavy (non-hydrogen) atoms. The minimum absolute atomic E-state index is 0.222. The van der Waals surface area contributed by atoms with E-state index in [1.54, 1.807) is 4.90 Å². The van der Waals surface area contributed by atoms with Crippen LogP contribution in [0.2, 0.25) is 0 Å². The minimum Gasteiger partial charge on any atom is -0.444 e. The molecular weight excluding hydrogens is 352 g/mol. The van der Waals surface area contributed by atoms with E-state index in [2.05, 4.69) is 28.0 Å². The summed E-state index contributed by atoms with van der Waals surface area (Å²) in [5, 5.41) is 0. The quantitative estimate of drug-likeness (QED) is 0.621. The molecule has 0 aromatic heterocycles. The number of nitrogens with two attached hydrogens (primary N) is 1. The number of hydrogen-bond acceptors (Lipinski definition) is 5. The maximum absolute atomic E-state index is 11.6. The predicted octanol–water partition coefficient (Wildman–Crippen LogP) is 3.65. The van der Waals surface area contributed by atoms with Gasteiger partial charge in [-0.2, -0.15) is 0 Å². The van der Waals surface area contributed by atoms with Gasteiger partial charge in [0.1, 0.15) is 5.60 Å². The summed E-state index contributed by atoms with van der Waals surface area (Å²) in [7, 11) is 0. The lowest BCUT2D eigenvalue weighted by Crippen LogP contribution is -2.40. The molecule has 2 N–H and O–H groups in total. The normalized spacial score (nSPS) is 19.2. The Labute approximate surface area is 168 Å². The zero-order valence-corrected chi connectivity index (χ0v) is 17.5. The number of anilines is 1. The van der Waals surface area contributed by atoms with Crippen LogP contribution in [0.3, 0.4) is 0 Å². The number of ether oxygens (including phenoxy) is 1. The fourth-order valence-corrected chi connectivity index (χ4v) is 3.43. The third-order valence-electron chi connectivity index (χ3n) is 5.03. The van der Waals surface area contributed by atoms with Crippen molar-refractivity contribution in [2.45, 2.75) is 52.2 Å². The van der Waals surface area contributed by atoms with Gasteiger partial charge < -0.3 is 15.4 Å². The lowest BCUT2D eigenvalue weighted by atomic mass is 10.1. The number of piperidine rings is 1. The van der Waals surface area contributed by atoms with Gasteiger partial charge in [-0.05, 0) is 70.5 Å². The zero-order valence-electron chi connectivity index (χ0n) is 17.5. The number of nitrogen functional groups attached to an aromatic ring is 1. The molecule has 0 aliphatic carbocycles. The monoisotopic (exact) mass is 386 g/mol.